The third-order valence-electron chi connectivity index (χ3n) is 8.09. The van der Waals surface area contributed by atoms with E-state index in [-0.39, 0.29) is 11.4 Å². The van der Waals surface area contributed by atoms with Gasteiger partial charge in [-0.05, 0) is 37.5 Å². The number of hydrogen-bond acceptors (Lipinski definition) is 9. The summed E-state index contributed by atoms with van der Waals surface area (Å²) >= 11 is 0. The summed E-state index contributed by atoms with van der Waals surface area (Å²) < 4.78 is 19.0. The summed E-state index contributed by atoms with van der Waals surface area (Å²) in [5.41, 5.74) is 2.57. The predicted octanol–water partition coefficient (Wildman–Crippen LogP) is 11.2. The summed E-state index contributed by atoms with van der Waals surface area (Å²) in [4.78, 5) is 21.3. The van der Waals surface area contributed by atoms with Crippen molar-refractivity contribution in [3.05, 3.63) is 56.1 Å². The summed E-state index contributed by atoms with van der Waals surface area (Å²) in [6.07, 6.45) is 22.2. The van der Waals surface area contributed by atoms with Crippen molar-refractivity contribution in [2.75, 3.05) is 25.2 Å². The van der Waals surface area contributed by atoms with Gasteiger partial charge in [-0.25, -0.2) is 0 Å². The lowest BCUT2D eigenvalue weighted by Crippen LogP contribution is -2.07. The van der Waals surface area contributed by atoms with E-state index in [0.29, 0.717) is 42.6 Å². The standard InChI is InChI=1S/C37H58N4O7/c1-4-7-10-13-16-19-24-46-35-27-31(30-38-39-33-23-22-32(40(42)43)29-34(33)41(44)45)28-36(47-25-20-17-14-11-8-5-2)37(35)48-26-21-18-15-12-9-6-3/h22-23,27-30,39H,4-21,24-26H2,1-3H3/b38-30+. The number of ether oxygens (including phenoxy) is 3. The first-order valence-electron chi connectivity index (χ1n) is 18.2. The van der Waals surface area contributed by atoms with Gasteiger partial charge >= 0.3 is 5.69 Å². The molecular weight excluding hydrogens is 612 g/mol. The summed E-state index contributed by atoms with van der Waals surface area (Å²) in [6.45, 7) is 8.29. The van der Waals surface area contributed by atoms with E-state index in [1.165, 1.54) is 95.4 Å². The number of nitro benzene ring substituents is 2. The van der Waals surface area contributed by atoms with Gasteiger partial charge in [-0.3, -0.25) is 25.7 Å². The first-order chi connectivity index (χ1) is 23.4. The molecule has 0 amide bonds. The Balaban J connectivity index is 2.27. The highest BCUT2D eigenvalue weighted by Crippen LogP contribution is 2.39. The third kappa shape index (κ3) is 16.3. The maximum atomic E-state index is 11.6. The third-order valence-corrected chi connectivity index (χ3v) is 8.09. The number of unbranched alkanes of at least 4 members (excludes halogenated alkanes) is 15. The quantitative estimate of drug-likeness (QED) is 0.0390. The average molecular weight is 671 g/mol. The second-order valence-corrected chi connectivity index (χ2v) is 12.3. The van der Waals surface area contributed by atoms with Gasteiger partial charge in [0.05, 0.1) is 41.9 Å². The Hall–Kier alpha value is -3.89. The summed E-state index contributed by atoms with van der Waals surface area (Å²) in [6, 6.07) is 7.08. The van der Waals surface area contributed by atoms with Crippen LogP contribution in [0.2, 0.25) is 0 Å². The Morgan fingerprint density at radius 1 is 0.625 bits per heavy atom. The zero-order valence-corrected chi connectivity index (χ0v) is 29.5. The van der Waals surface area contributed by atoms with Gasteiger partial charge in [-0.2, -0.15) is 5.10 Å². The predicted molar refractivity (Wildman–Crippen MR) is 194 cm³/mol. The lowest BCUT2D eigenvalue weighted by molar-refractivity contribution is -0.393. The molecule has 2 rings (SSSR count). The maximum Gasteiger partial charge on any atom is 0.301 e. The molecule has 0 fully saturated rings. The van der Waals surface area contributed by atoms with Crippen molar-refractivity contribution in [2.24, 2.45) is 5.10 Å². The molecule has 0 saturated carbocycles. The molecule has 0 atom stereocenters. The molecule has 2 aromatic carbocycles. The Morgan fingerprint density at radius 3 is 1.54 bits per heavy atom. The van der Waals surface area contributed by atoms with Crippen molar-refractivity contribution in [1.82, 2.24) is 0 Å². The van der Waals surface area contributed by atoms with E-state index in [1.807, 2.05) is 12.1 Å². The first-order valence-corrected chi connectivity index (χ1v) is 18.2. The molecule has 268 valence electrons. The minimum absolute atomic E-state index is 0.0415. The van der Waals surface area contributed by atoms with Crippen molar-refractivity contribution in [3.8, 4) is 17.2 Å². The van der Waals surface area contributed by atoms with Crippen molar-refractivity contribution < 1.29 is 24.1 Å². The summed E-state index contributed by atoms with van der Waals surface area (Å²) in [7, 11) is 0. The van der Waals surface area contributed by atoms with Crippen LogP contribution in [0.15, 0.2) is 35.4 Å². The van der Waals surface area contributed by atoms with Crippen molar-refractivity contribution >= 4 is 23.3 Å². The van der Waals surface area contributed by atoms with E-state index in [2.05, 4.69) is 31.3 Å². The number of hydrazone groups is 1. The van der Waals surface area contributed by atoms with Crippen molar-refractivity contribution in [1.29, 1.82) is 0 Å². The lowest BCUT2D eigenvalue weighted by atomic mass is 10.1. The monoisotopic (exact) mass is 670 g/mol. The number of hydrogen-bond donors (Lipinski definition) is 1. The SMILES string of the molecule is CCCCCCCCOc1cc(/C=N/Nc2ccc([N+](=O)[O-])cc2[N+](=O)[O-])cc(OCCCCCCCC)c1OCCCCCCCC. The van der Waals surface area contributed by atoms with E-state index in [1.54, 1.807) is 0 Å². The molecule has 0 bridgehead atoms. The smallest absolute Gasteiger partial charge is 0.301 e. The van der Waals surface area contributed by atoms with Crippen LogP contribution in [-0.2, 0) is 0 Å². The number of nitrogens with zero attached hydrogens (tertiary/aromatic N) is 3. The van der Waals surface area contributed by atoms with E-state index in [0.717, 1.165) is 44.6 Å². The topological polar surface area (TPSA) is 138 Å². The van der Waals surface area contributed by atoms with E-state index >= 15 is 0 Å². The molecule has 1 N–H and O–H groups in total. The van der Waals surface area contributed by atoms with Crippen LogP contribution in [0.4, 0.5) is 17.1 Å². The van der Waals surface area contributed by atoms with Crippen LogP contribution in [0.5, 0.6) is 17.2 Å². The molecule has 2 aromatic rings. The van der Waals surface area contributed by atoms with Gasteiger partial charge in [-0.1, -0.05) is 117 Å². The first kappa shape index (κ1) is 40.3. The molecule has 0 heterocycles. The molecule has 11 heteroatoms. The molecule has 0 saturated heterocycles. The van der Waals surface area contributed by atoms with Gasteiger partial charge in [-0.15, -0.1) is 0 Å². The minimum atomic E-state index is -0.677. The van der Waals surface area contributed by atoms with Gasteiger partial charge in [0, 0.05) is 11.6 Å². The largest absolute Gasteiger partial charge is 0.490 e. The van der Waals surface area contributed by atoms with E-state index in [9.17, 15) is 20.2 Å². The highest BCUT2D eigenvalue weighted by Gasteiger charge is 2.20. The Labute approximate surface area is 287 Å². The second kappa shape index (κ2) is 25.2. The number of anilines is 1. The molecule has 0 aliphatic rings. The molecule has 48 heavy (non-hydrogen) atoms. The zero-order valence-electron chi connectivity index (χ0n) is 29.5. The fourth-order valence-electron chi connectivity index (χ4n) is 5.27. The molecule has 11 nitrogen and oxygen atoms in total. The molecule has 0 aliphatic carbocycles. The number of nitro groups is 2. The molecule has 0 aliphatic heterocycles. The maximum absolute atomic E-state index is 11.6. The Bertz CT molecular complexity index is 1200. The van der Waals surface area contributed by atoms with E-state index in [4.69, 9.17) is 14.2 Å². The molecular formula is C37H58N4O7. The van der Waals surface area contributed by atoms with Crippen LogP contribution in [0.3, 0.4) is 0 Å². The average Bonchev–Trinajstić information content (AvgIpc) is 3.07. The fraction of sp³-hybridized carbons (Fsp3) is 0.649. The lowest BCUT2D eigenvalue weighted by Gasteiger charge is -2.18. The van der Waals surface area contributed by atoms with Crippen molar-refractivity contribution in [3.63, 3.8) is 0 Å². The van der Waals surface area contributed by atoms with Gasteiger partial charge < -0.3 is 14.2 Å². The summed E-state index contributed by atoms with van der Waals surface area (Å²) in [5, 5.41) is 26.9. The number of non-ortho nitro benzene ring substituents is 1. The van der Waals surface area contributed by atoms with Crippen LogP contribution in [0.25, 0.3) is 0 Å². The van der Waals surface area contributed by atoms with E-state index < -0.39 is 15.5 Å². The summed E-state index contributed by atoms with van der Waals surface area (Å²) in [5.74, 6) is 1.76. The molecule has 0 unspecified atom stereocenters. The molecule has 0 radical (unpaired) electrons. The van der Waals surface area contributed by atoms with Gasteiger partial charge in [0.1, 0.15) is 5.69 Å². The zero-order chi connectivity index (χ0) is 34.8. The van der Waals surface area contributed by atoms with Crippen molar-refractivity contribution in [2.45, 2.75) is 136 Å². The highest BCUT2D eigenvalue weighted by atomic mass is 16.6. The number of rotatable bonds is 29. The molecule has 0 aromatic heterocycles. The number of benzene rings is 2. The van der Waals surface area contributed by atoms with Gasteiger partial charge in [0.25, 0.3) is 5.69 Å². The second-order valence-electron chi connectivity index (χ2n) is 12.3. The minimum Gasteiger partial charge on any atom is -0.490 e. The van der Waals surface area contributed by atoms with Crippen LogP contribution in [0, 0.1) is 20.2 Å². The highest BCUT2D eigenvalue weighted by molar-refractivity contribution is 5.83. The Kier molecular flexibility index (Phi) is 21.1. The molecule has 0 spiro atoms. The van der Waals surface area contributed by atoms with Crippen LogP contribution in [0.1, 0.15) is 142 Å². The van der Waals surface area contributed by atoms with Crippen LogP contribution >= 0.6 is 0 Å². The fourth-order valence-corrected chi connectivity index (χ4v) is 5.27. The van der Waals surface area contributed by atoms with Gasteiger partial charge in [0.15, 0.2) is 11.5 Å². The van der Waals surface area contributed by atoms with Crippen LogP contribution in [-0.4, -0.2) is 35.9 Å². The normalized spacial score (nSPS) is 11.1. The van der Waals surface area contributed by atoms with Gasteiger partial charge in [0.2, 0.25) is 5.75 Å². The van der Waals surface area contributed by atoms with Crippen LogP contribution < -0.4 is 19.6 Å². The number of nitrogens with one attached hydrogen (secondary N) is 1. The Morgan fingerprint density at radius 2 is 1.08 bits per heavy atom.